The molecule has 0 aliphatic rings. The highest BCUT2D eigenvalue weighted by molar-refractivity contribution is 6.07. The average Bonchev–Trinajstić information content (AvgIpc) is 3.05. The van der Waals surface area contributed by atoms with Gasteiger partial charge in [-0.2, -0.15) is 5.10 Å². The van der Waals surface area contributed by atoms with E-state index >= 15 is 0 Å². The van der Waals surface area contributed by atoms with E-state index in [1.54, 1.807) is 6.20 Å². The van der Waals surface area contributed by atoms with E-state index in [-0.39, 0.29) is 18.0 Å². The van der Waals surface area contributed by atoms with Crippen LogP contribution in [0.4, 0.5) is 0 Å². The van der Waals surface area contributed by atoms with Gasteiger partial charge in [-0.15, -0.1) is 0 Å². The summed E-state index contributed by atoms with van der Waals surface area (Å²) in [4.78, 5) is 25.5. The highest BCUT2D eigenvalue weighted by Gasteiger charge is 2.17. The molecule has 0 radical (unpaired) electrons. The topological polar surface area (TPSA) is 68.9 Å². The molecule has 0 unspecified atom stereocenters. The molecule has 4 rings (SSSR count). The van der Waals surface area contributed by atoms with Crippen molar-refractivity contribution in [3.63, 3.8) is 0 Å². The number of hydrogen-bond acceptors (Lipinski definition) is 3. The van der Waals surface area contributed by atoms with Crippen molar-refractivity contribution in [1.29, 1.82) is 0 Å². The van der Waals surface area contributed by atoms with Gasteiger partial charge in [0.15, 0.2) is 0 Å². The molecule has 0 aliphatic carbocycles. The highest BCUT2D eigenvalue weighted by Crippen LogP contribution is 2.27. The smallest absolute Gasteiger partial charge is 0.291 e. The van der Waals surface area contributed by atoms with Crippen LogP contribution in [0.1, 0.15) is 30.0 Å². The maximum atomic E-state index is 13.4. The molecule has 30 heavy (non-hydrogen) atoms. The number of carbonyl (C=O) groups excluding carboxylic acids is 1. The van der Waals surface area contributed by atoms with Gasteiger partial charge in [-0.05, 0) is 37.5 Å². The first kappa shape index (κ1) is 19.9. The largest absolute Gasteiger partial charge is 0.355 e. The molecule has 0 bridgehead atoms. The second-order valence-corrected chi connectivity index (χ2v) is 7.75. The Morgan fingerprint density at radius 3 is 2.70 bits per heavy atom. The van der Waals surface area contributed by atoms with Crippen molar-refractivity contribution in [2.75, 3.05) is 6.54 Å². The molecule has 0 aliphatic heterocycles. The Bertz CT molecular complexity index is 1300. The number of aryl methyl sites for hydroxylation is 2. The van der Waals surface area contributed by atoms with Gasteiger partial charge in [-0.1, -0.05) is 48.9 Å². The standard InChI is InChI=1S/C24H26N4O2/c1-4-11-25-22(29)15-28-24(30)23-20(13-26-28)19-7-5-6-8-21(19)27(23)14-18-12-16(2)9-10-17(18)3/h5-10,12-13H,4,11,14-15H2,1-3H3,(H,25,29). The van der Waals surface area contributed by atoms with E-state index in [9.17, 15) is 9.59 Å². The minimum atomic E-state index is -0.249. The lowest BCUT2D eigenvalue weighted by atomic mass is 10.1. The second-order valence-electron chi connectivity index (χ2n) is 7.75. The molecular formula is C24H26N4O2. The van der Waals surface area contributed by atoms with Gasteiger partial charge in [-0.25, -0.2) is 4.68 Å². The summed E-state index contributed by atoms with van der Waals surface area (Å²) in [7, 11) is 0. The summed E-state index contributed by atoms with van der Waals surface area (Å²) in [6, 6.07) is 14.3. The van der Waals surface area contributed by atoms with E-state index in [0.29, 0.717) is 18.6 Å². The van der Waals surface area contributed by atoms with Crippen LogP contribution in [0.5, 0.6) is 0 Å². The van der Waals surface area contributed by atoms with Crippen LogP contribution in [0.2, 0.25) is 0 Å². The third-order valence-corrected chi connectivity index (χ3v) is 5.47. The van der Waals surface area contributed by atoms with E-state index in [1.165, 1.54) is 21.4 Å². The fourth-order valence-electron chi connectivity index (χ4n) is 3.87. The number of hydrogen-bond donors (Lipinski definition) is 1. The third kappa shape index (κ3) is 3.61. The quantitative estimate of drug-likeness (QED) is 0.536. The summed E-state index contributed by atoms with van der Waals surface area (Å²) in [5.41, 5.74) is 4.85. The van der Waals surface area contributed by atoms with E-state index in [0.717, 1.165) is 22.7 Å². The molecule has 0 atom stereocenters. The molecule has 0 fully saturated rings. The lowest BCUT2D eigenvalue weighted by Gasteiger charge is -2.12. The summed E-state index contributed by atoms with van der Waals surface area (Å²) in [6.07, 6.45) is 2.54. The number of fused-ring (bicyclic) bond motifs is 3. The zero-order valence-corrected chi connectivity index (χ0v) is 17.6. The molecular weight excluding hydrogens is 376 g/mol. The molecule has 4 aromatic rings. The summed E-state index contributed by atoms with van der Waals surface area (Å²) < 4.78 is 3.31. The van der Waals surface area contributed by atoms with Crippen LogP contribution in [0.3, 0.4) is 0 Å². The third-order valence-electron chi connectivity index (χ3n) is 5.47. The van der Waals surface area contributed by atoms with Crippen LogP contribution < -0.4 is 10.9 Å². The minimum absolute atomic E-state index is 0.0836. The molecule has 2 heterocycles. The van der Waals surface area contributed by atoms with Crippen LogP contribution in [-0.4, -0.2) is 26.8 Å². The number of nitrogens with zero attached hydrogens (tertiary/aromatic N) is 3. The molecule has 0 saturated carbocycles. The van der Waals surface area contributed by atoms with Crippen molar-refractivity contribution in [2.24, 2.45) is 0 Å². The Hall–Kier alpha value is -3.41. The number of aromatic nitrogens is 3. The second kappa shape index (κ2) is 8.14. The maximum absolute atomic E-state index is 13.4. The van der Waals surface area contributed by atoms with Crippen molar-refractivity contribution >= 4 is 27.7 Å². The lowest BCUT2D eigenvalue weighted by molar-refractivity contribution is -0.121. The fourth-order valence-corrected chi connectivity index (χ4v) is 3.87. The van der Waals surface area contributed by atoms with E-state index in [1.807, 2.05) is 31.2 Å². The van der Waals surface area contributed by atoms with Gasteiger partial charge >= 0.3 is 0 Å². The predicted octanol–water partition coefficient (Wildman–Crippen LogP) is 3.54. The maximum Gasteiger partial charge on any atom is 0.291 e. The Labute approximate surface area is 175 Å². The number of amides is 1. The van der Waals surface area contributed by atoms with Crippen molar-refractivity contribution in [1.82, 2.24) is 19.7 Å². The van der Waals surface area contributed by atoms with E-state index < -0.39 is 0 Å². The number of benzene rings is 2. The minimum Gasteiger partial charge on any atom is -0.355 e. The van der Waals surface area contributed by atoms with Gasteiger partial charge in [0.25, 0.3) is 5.56 Å². The average molecular weight is 402 g/mol. The van der Waals surface area contributed by atoms with Gasteiger partial charge < -0.3 is 9.88 Å². The fraction of sp³-hybridized carbons (Fsp3) is 0.292. The Morgan fingerprint density at radius 1 is 1.10 bits per heavy atom. The number of rotatable bonds is 6. The molecule has 6 heteroatoms. The number of nitrogens with one attached hydrogen (secondary N) is 1. The van der Waals surface area contributed by atoms with Gasteiger partial charge in [0, 0.05) is 29.4 Å². The molecule has 1 N–H and O–H groups in total. The molecule has 2 aromatic heterocycles. The first-order valence-electron chi connectivity index (χ1n) is 10.3. The van der Waals surface area contributed by atoms with E-state index in [2.05, 4.69) is 47.0 Å². The van der Waals surface area contributed by atoms with Gasteiger partial charge in [-0.3, -0.25) is 9.59 Å². The molecule has 0 spiro atoms. The molecule has 0 saturated heterocycles. The van der Waals surface area contributed by atoms with Crippen LogP contribution in [0.25, 0.3) is 21.8 Å². The predicted molar refractivity (Wildman–Crippen MR) is 120 cm³/mol. The first-order chi connectivity index (χ1) is 14.5. The van der Waals surface area contributed by atoms with Gasteiger partial charge in [0.1, 0.15) is 12.1 Å². The molecule has 1 amide bonds. The van der Waals surface area contributed by atoms with Crippen molar-refractivity contribution in [2.45, 2.75) is 40.3 Å². The highest BCUT2D eigenvalue weighted by atomic mass is 16.2. The van der Waals surface area contributed by atoms with Gasteiger partial charge in [0.05, 0.1) is 6.20 Å². The van der Waals surface area contributed by atoms with Crippen molar-refractivity contribution in [3.05, 3.63) is 75.7 Å². The summed E-state index contributed by atoms with van der Waals surface area (Å²) in [5.74, 6) is -0.206. The SMILES string of the molecule is CCCNC(=O)Cn1ncc2c3ccccc3n(Cc3cc(C)ccc3C)c2c1=O. The van der Waals surface area contributed by atoms with Gasteiger partial charge in [0.2, 0.25) is 5.91 Å². The number of para-hydroxylation sites is 1. The Balaban J connectivity index is 1.88. The Morgan fingerprint density at radius 2 is 1.90 bits per heavy atom. The first-order valence-corrected chi connectivity index (χ1v) is 10.3. The van der Waals surface area contributed by atoms with E-state index in [4.69, 9.17) is 0 Å². The summed E-state index contributed by atoms with van der Waals surface area (Å²) >= 11 is 0. The molecule has 154 valence electrons. The molecule has 6 nitrogen and oxygen atoms in total. The van der Waals surface area contributed by atoms with Crippen molar-refractivity contribution in [3.8, 4) is 0 Å². The lowest BCUT2D eigenvalue weighted by Crippen LogP contribution is -2.34. The number of carbonyl (C=O) groups is 1. The summed E-state index contributed by atoms with van der Waals surface area (Å²) in [6.45, 7) is 7.23. The van der Waals surface area contributed by atoms with Crippen LogP contribution in [-0.2, 0) is 17.9 Å². The zero-order chi connectivity index (χ0) is 21.3. The zero-order valence-electron chi connectivity index (χ0n) is 17.6. The Kier molecular flexibility index (Phi) is 5.40. The summed E-state index contributed by atoms with van der Waals surface area (Å²) in [5, 5.41) is 8.89. The van der Waals surface area contributed by atoms with Crippen molar-refractivity contribution < 1.29 is 4.79 Å². The molecule has 2 aromatic carbocycles. The normalized spacial score (nSPS) is 11.3. The van der Waals surface area contributed by atoms with Crippen LogP contribution >= 0.6 is 0 Å². The van der Waals surface area contributed by atoms with Crippen LogP contribution in [0.15, 0.2) is 53.5 Å². The monoisotopic (exact) mass is 402 g/mol. The van der Waals surface area contributed by atoms with Crippen LogP contribution in [0, 0.1) is 13.8 Å².